The summed E-state index contributed by atoms with van der Waals surface area (Å²) in [5, 5.41) is 10.1. The molecule has 0 saturated heterocycles. The summed E-state index contributed by atoms with van der Waals surface area (Å²) in [6.07, 6.45) is 20.9. The van der Waals surface area contributed by atoms with Crippen LogP contribution in [0.2, 0.25) is 0 Å². The molecule has 6 heteroatoms. The van der Waals surface area contributed by atoms with E-state index >= 15 is 0 Å². The summed E-state index contributed by atoms with van der Waals surface area (Å²) in [5.74, 6) is 0.312. The van der Waals surface area contributed by atoms with Crippen LogP contribution in [0.25, 0.3) is 0 Å². The molecule has 0 saturated carbocycles. The summed E-state index contributed by atoms with van der Waals surface area (Å²) in [5.41, 5.74) is -0.119. The van der Waals surface area contributed by atoms with E-state index in [-0.39, 0.29) is 11.3 Å². The first-order chi connectivity index (χ1) is 15.1. The molecule has 31 heavy (non-hydrogen) atoms. The number of nitrogens with zero attached hydrogens (tertiary/aromatic N) is 1. The molecule has 0 unspecified atom stereocenters. The second-order valence-electron chi connectivity index (χ2n) is 8.36. The highest BCUT2D eigenvalue weighted by Gasteiger charge is 2.16. The summed E-state index contributed by atoms with van der Waals surface area (Å²) in [6, 6.07) is 3.94. The Morgan fingerprint density at radius 3 is 1.71 bits per heavy atom. The Labute approximate surface area is 193 Å². The summed E-state index contributed by atoms with van der Waals surface area (Å²) in [6.45, 7) is 2.74. The molecule has 0 aromatic heterocycles. The van der Waals surface area contributed by atoms with Crippen LogP contribution in [0.3, 0.4) is 0 Å². The summed E-state index contributed by atoms with van der Waals surface area (Å²) < 4.78 is 5.62. The Kier molecular flexibility index (Phi) is 15.9. The van der Waals surface area contributed by atoms with E-state index in [0.29, 0.717) is 12.4 Å². The molecule has 1 aromatic rings. The minimum atomic E-state index is -0.745. The van der Waals surface area contributed by atoms with Crippen LogP contribution in [-0.2, 0) is 0 Å². The standard InChI is InChI=1S/C25H40ClNO4/c1-2-3-4-5-6-7-8-9-10-11-12-13-14-15-16-17-20-31-24-19-18-22(27(29)30)21-23(24)25(26)28/h18-19,21H,2-17,20H2,1H3. The van der Waals surface area contributed by atoms with Crippen LogP contribution in [0.4, 0.5) is 5.69 Å². The fourth-order valence-corrected chi connectivity index (χ4v) is 3.89. The first kappa shape index (κ1) is 27.4. The Morgan fingerprint density at radius 2 is 1.29 bits per heavy atom. The van der Waals surface area contributed by atoms with Gasteiger partial charge in [0.05, 0.1) is 17.1 Å². The highest BCUT2D eigenvalue weighted by molar-refractivity contribution is 6.68. The van der Waals surface area contributed by atoms with E-state index in [2.05, 4.69) is 6.92 Å². The minimum Gasteiger partial charge on any atom is -0.493 e. The van der Waals surface area contributed by atoms with Crippen molar-refractivity contribution in [2.45, 2.75) is 110 Å². The van der Waals surface area contributed by atoms with E-state index < -0.39 is 10.2 Å². The van der Waals surface area contributed by atoms with Crippen molar-refractivity contribution in [2.24, 2.45) is 0 Å². The summed E-state index contributed by atoms with van der Waals surface area (Å²) >= 11 is 5.53. The lowest BCUT2D eigenvalue weighted by molar-refractivity contribution is -0.384. The van der Waals surface area contributed by atoms with Gasteiger partial charge in [-0.05, 0) is 24.1 Å². The zero-order valence-corrected chi connectivity index (χ0v) is 20.0. The number of hydrogen-bond donors (Lipinski definition) is 0. The van der Waals surface area contributed by atoms with Gasteiger partial charge in [-0.15, -0.1) is 0 Å². The van der Waals surface area contributed by atoms with Crippen molar-refractivity contribution in [2.75, 3.05) is 6.61 Å². The van der Waals surface area contributed by atoms with Crippen molar-refractivity contribution in [1.82, 2.24) is 0 Å². The average Bonchev–Trinajstić information content (AvgIpc) is 2.75. The number of nitro benzene ring substituents is 1. The van der Waals surface area contributed by atoms with Gasteiger partial charge in [-0.1, -0.05) is 103 Å². The summed E-state index contributed by atoms with van der Waals surface area (Å²) in [4.78, 5) is 21.8. The third-order valence-electron chi connectivity index (χ3n) is 5.64. The lowest BCUT2D eigenvalue weighted by Gasteiger charge is -2.09. The molecule has 0 bridgehead atoms. The highest BCUT2D eigenvalue weighted by atomic mass is 35.5. The third-order valence-corrected chi connectivity index (χ3v) is 5.84. The molecular weight excluding hydrogens is 414 g/mol. The molecule has 0 fully saturated rings. The van der Waals surface area contributed by atoms with Gasteiger partial charge in [0.1, 0.15) is 5.75 Å². The Balaban J connectivity index is 1.97. The predicted octanol–water partition coefficient (Wildman–Crippen LogP) is 8.61. The lowest BCUT2D eigenvalue weighted by Crippen LogP contribution is -2.03. The molecule has 0 radical (unpaired) electrons. The van der Waals surface area contributed by atoms with Crippen molar-refractivity contribution in [3.8, 4) is 5.75 Å². The van der Waals surface area contributed by atoms with E-state index in [1.54, 1.807) is 0 Å². The van der Waals surface area contributed by atoms with E-state index in [0.717, 1.165) is 18.9 Å². The van der Waals surface area contributed by atoms with Gasteiger partial charge in [0.25, 0.3) is 10.9 Å². The molecule has 0 atom stereocenters. The SMILES string of the molecule is CCCCCCCCCCCCCCCCCCOc1ccc([N+](=O)[O-])cc1C(=O)Cl. The molecule has 1 aromatic carbocycles. The number of carbonyl (C=O) groups is 1. The average molecular weight is 454 g/mol. The Bertz CT molecular complexity index is 636. The van der Waals surface area contributed by atoms with Gasteiger partial charge in [-0.25, -0.2) is 0 Å². The van der Waals surface area contributed by atoms with Crippen molar-refractivity contribution in [3.63, 3.8) is 0 Å². The topological polar surface area (TPSA) is 69.4 Å². The van der Waals surface area contributed by atoms with Gasteiger partial charge in [0.15, 0.2) is 0 Å². The number of carbonyl (C=O) groups excluding carboxylic acids is 1. The third kappa shape index (κ3) is 13.4. The largest absolute Gasteiger partial charge is 0.493 e. The van der Waals surface area contributed by atoms with Crippen LogP contribution in [-0.4, -0.2) is 16.8 Å². The Hall–Kier alpha value is -1.62. The molecule has 176 valence electrons. The van der Waals surface area contributed by atoms with E-state index in [1.807, 2.05) is 0 Å². The van der Waals surface area contributed by atoms with Crippen LogP contribution >= 0.6 is 11.6 Å². The van der Waals surface area contributed by atoms with Crippen LogP contribution in [0.15, 0.2) is 18.2 Å². The Morgan fingerprint density at radius 1 is 0.839 bits per heavy atom. The molecule has 0 spiro atoms. The van der Waals surface area contributed by atoms with Crippen LogP contribution in [0.1, 0.15) is 120 Å². The van der Waals surface area contributed by atoms with Crippen molar-refractivity contribution < 1.29 is 14.5 Å². The predicted molar refractivity (Wildman–Crippen MR) is 128 cm³/mol. The smallest absolute Gasteiger partial charge is 0.270 e. The number of nitro groups is 1. The zero-order valence-electron chi connectivity index (χ0n) is 19.2. The molecule has 0 heterocycles. The van der Waals surface area contributed by atoms with Gasteiger partial charge >= 0.3 is 0 Å². The number of unbranched alkanes of at least 4 members (excludes halogenated alkanes) is 15. The number of ether oxygens (including phenoxy) is 1. The minimum absolute atomic E-state index is 0.0485. The lowest BCUT2D eigenvalue weighted by atomic mass is 10.0. The molecule has 1 rings (SSSR count). The zero-order chi connectivity index (χ0) is 22.7. The first-order valence-corrected chi connectivity index (χ1v) is 12.5. The van der Waals surface area contributed by atoms with Gasteiger partial charge in [-0.3, -0.25) is 14.9 Å². The highest BCUT2D eigenvalue weighted by Crippen LogP contribution is 2.26. The first-order valence-electron chi connectivity index (χ1n) is 12.2. The molecule has 0 N–H and O–H groups in total. The normalized spacial score (nSPS) is 10.9. The van der Waals surface area contributed by atoms with Crippen molar-refractivity contribution >= 4 is 22.5 Å². The fourth-order valence-electron chi connectivity index (χ4n) is 3.74. The summed E-state index contributed by atoms with van der Waals surface area (Å²) in [7, 11) is 0. The maximum absolute atomic E-state index is 11.5. The van der Waals surface area contributed by atoms with Crippen molar-refractivity contribution in [3.05, 3.63) is 33.9 Å². The van der Waals surface area contributed by atoms with Gasteiger partial charge in [0.2, 0.25) is 0 Å². The second-order valence-corrected chi connectivity index (χ2v) is 8.71. The molecular formula is C25H40ClNO4. The number of hydrogen-bond acceptors (Lipinski definition) is 4. The van der Waals surface area contributed by atoms with E-state index in [9.17, 15) is 14.9 Å². The van der Waals surface area contributed by atoms with Crippen LogP contribution < -0.4 is 4.74 Å². The molecule has 0 amide bonds. The number of benzene rings is 1. The molecule has 0 aliphatic heterocycles. The van der Waals surface area contributed by atoms with Crippen molar-refractivity contribution in [1.29, 1.82) is 0 Å². The number of non-ortho nitro benzene ring substituents is 1. The number of rotatable bonds is 20. The molecule has 5 nitrogen and oxygen atoms in total. The second kappa shape index (κ2) is 18.0. The fraction of sp³-hybridized carbons (Fsp3) is 0.720. The van der Waals surface area contributed by atoms with Gasteiger partial charge in [0, 0.05) is 12.1 Å². The van der Waals surface area contributed by atoms with Gasteiger partial charge in [-0.2, -0.15) is 0 Å². The maximum atomic E-state index is 11.5. The number of halogens is 1. The molecule has 0 aliphatic carbocycles. The maximum Gasteiger partial charge on any atom is 0.270 e. The van der Waals surface area contributed by atoms with E-state index in [1.165, 1.54) is 102 Å². The van der Waals surface area contributed by atoms with Gasteiger partial charge < -0.3 is 4.74 Å². The molecule has 0 aliphatic rings. The quantitative estimate of drug-likeness (QED) is 0.0856. The van der Waals surface area contributed by atoms with E-state index in [4.69, 9.17) is 16.3 Å². The monoisotopic (exact) mass is 453 g/mol. The van der Waals surface area contributed by atoms with Crippen LogP contribution in [0, 0.1) is 10.1 Å². The van der Waals surface area contributed by atoms with Crippen LogP contribution in [0.5, 0.6) is 5.75 Å².